The van der Waals surface area contributed by atoms with Gasteiger partial charge >= 0.3 is 12.1 Å². The molecule has 2 saturated heterocycles. The maximum Gasteiger partial charge on any atom is 0.412 e. The van der Waals surface area contributed by atoms with Crippen molar-refractivity contribution < 1.29 is 23.4 Å². The van der Waals surface area contributed by atoms with Gasteiger partial charge in [0.05, 0.1) is 39.6 Å². The van der Waals surface area contributed by atoms with Crippen LogP contribution in [0, 0.1) is 17.1 Å². The molecule has 0 unspecified atom stereocenters. The largest absolute Gasteiger partial charge is 0.461 e. The average Bonchev–Trinajstić information content (AvgIpc) is 3.74. The summed E-state index contributed by atoms with van der Waals surface area (Å²) in [5.74, 6) is -0.523. The molecule has 0 saturated carbocycles. The van der Waals surface area contributed by atoms with E-state index < -0.39 is 17.5 Å². The highest BCUT2D eigenvalue weighted by atomic mass is 35.5. The fourth-order valence-corrected chi connectivity index (χ4v) is 8.29. The third-order valence-electron chi connectivity index (χ3n) is 8.67. The number of fused-ring (bicyclic) bond motifs is 5. The van der Waals surface area contributed by atoms with E-state index in [1.165, 1.54) is 11.6 Å². The van der Waals surface area contributed by atoms with Crippen LogP contribution in [0.3, 0.4) is 0 Å². The molecular weight excluding hydrogens is 617 g/mol. The number of thiophene rings is 1. The van der Waals surface area contributed by atoms with Crippen LogP contribution in [-0.2, 0) is 22.7 Å². The summed E-state index contributed by atoms with van der Waals surface area (Å²) in [6, 6.07) is 5.33. The Morgan fingerprint density at radius 1 is 1.33 bits per heavy atom. The van der Waals surface area contributed by atoms with E-state index >= 15 is 4.39 Å². The maximum absolute atomic E-state index is 15.3. The summed E-state index contributed by atoms with van der Waals surface area (Å²) in [5.41, 5.74) is 3.79. The quantitative estimate of drug-likeness (QED) is 0.219. The lowest BCUT2D eigenvalue weighted by Crippen LogP contribution is -2.43. The van der Waals surface area contributed by atoms with Gasteiger partial charge in [-0.1, -0.05) is 29.8 Å². The Kier molecular flexibility index (Phi) is 7.24. The summed E-state index contributed by atoms with van der Waals surface area (Å²) in [6.07, 6.45) is 4.02. The van der Waals surface area contributed by atoms with Gasteiger partial charge in [0.2, 0.25) is 0 Å². The van der Waals surface area contributed by atoms with Crippen LogP contribution in [0.5, 0.6) is 6.01 Å². The van der Waals surface area contributed by atoms with Gasteiger partial charge in [0.15, 0.2) is 0 Å². The van der Waals surface area contributed by atoms with Gasteiger partial charge in [-0.15, -0.1) is 11.3 Å². The number of nitrogens with one attached hydrogen (secondary N) is 1. The Morgan fingerprint density at radius 2 is 2.13 bits per heavy atom. The van der Waals surface area contributed by atoms with Gasteiger partial charge in [-0.25, -0.2) is 14.2 Å². The molecule has 4 aromatic rings. The van der Waals surface area contributed by atoms with Gasteiger partial charge in [0.25, 0.3) is 0 Å². The Bertz CT molecular complexity index is 1970. The van der Waals surface area contributed by atoms with E-state index in [-0.39, 0.29) is 33.4 Å². The lowest BCUT2D eigenvalue weighted by molar-refractivity contribution is 0.0636. The predicted octanol–water partition coefficient (Wildman–Crippen LogP) is 7.73. The van der Waals surface area contributed by atoms with Crippen molar-refractivity contribution in [1.29, 1.82) is 5.26 Å². The first-order chi connectivity index (χ1) is 21.5. The molecule has 12 heteroatoms. The van der Waals surface area contributed by atoms with E-state index in [4.69, 9.17) is 30.8 Å². The van der Waals surface area contributed by atoms with E-state index in [1.54, 1.807) is 33.0 Å². The minimum atomic E-state index is -0.755. The minimum Gasteiger partial charge on any atom is -0.461 e. The molecule has 5 heterocycles. The number of carbonyl (C=O) groups is 1. The van der Waals surface area contributed by atoms with Crippen molar-refractivity contribution in [3.8, 4) is 23.2 Å². The fourth-order valence-electron chi connectivity index (χ4n) is 6.86. The number of nitrogens with zero attached hydrogens (tertiary/aromatic N) is 4. The van der Waals surface area contributed by atoms with E-state index in [0.29, 0.717) is 40.3 Å². The molecule has 1 N–H and O–H groups in total. The molecule has 2 aromatic carbocycles. The van der Waals surface area contributed by atoms with E-state index in [9.17, 15) is 10.1 Å². The second-order valence-corrected chi connectivity index (χ2v) is 14.3. The standard InChI is InChI=1S/C33H31ClFN5O4S/c1-17-10-33(8-5-9-40(33)13-17)16-43-30-37-12-20-21-14-42-15-22(21)24(26(34)27(20)38-30)18-6-7-23(35)28-25(18)19(11-36)29(45-28)39-31(41)44-32(2,3)4/h6-7,12H,1,5,8-10,13-16H2,2-4H3,(H,39,41)/t33-/m1/s1. The van der Waals surface area contributed by atoms with Crippen molar-refractivity contribution in [3.63, 3.8) is 0 Å². The summed E-state index contributed by atoms with van der Waals surface area (Å²) >= 11 is 8.15. The number of aromatic nitrogens is 2. The first-order valence-electron chi connectivity index (χ1n) is 14.8. The number of carbonyl (C=O) groups excluding carboxylic acids is 1. The zero-order valence-electron chi connectivity index (χ0n) is 25.2. The van der Waals surface area contributed by atoms with Crippen molar-refractivity contribution in [3.05, 3.63) is 58.0 Å². The minimum absolute atomic E-state index is 0.0897. The molecule has 3 aliphatic heterocycles. The molecule has 0 radical (unpaired) electrons. The molecule has 1 atom stereocenters. The van der Waals surface area contributed by atoms with Crippen LogP contribution in [0.15, 0.2) is 30.5 Å². The van der Waals surface area contributed by atoms with Gasteiger partial charge < -0.3 is 14.2 Å². The molecule has 9 nitrogen and oxygen atoms in total. The number of anilines is 1. The van der Waals surface area contributed by atoms with Gasteiger partial charge in [-0.3, -0.25) is 10.2 Å². The van der Waals surface area contributed by atoms with Crippen LogP contribution in [-0.4, -0.2) is 51.8 Å². The SMILES string of the molecule is C=C1CN2CCC[C@]2(COc2ncc3c4c(c(-c5ccc(F)c6sc(NC(=O)OC(C)(C)C)c(C#N)c56)c(Cl)c3n2)COC4)C1. The molecular formula is C33H31ClFN5O4S. The summed E-state index contributed by atoms with van der Waals surface area (Å²) in [5, 5.41) is 14.5. The molecule has 7 rings (SSSR count). The topological polar surface area (TPSA) is 110 Å². The lowest BCUT2D eigenvalue weighted by Gasteiger charge is -2.30. The van der Waals surface area contributed by atoms with Gasteiger partial charge in [-0.2, -0.15) is 10.2 Å². The number of halogens is 2. The molecule has 45 heavy (non-hydrogen) atoms. The zero-order valence-corrected chi connectivity index (χ0v) is 26.8. The van der Waals surface area contributed by atoms with Gasteiger partial charge in [-0.05, 0) is 69.3 Å². The van der Waals surface area contributed by atoms with Gasteiger partial charge in [0, 0.05) is 29.1 Å². The average molecular weight is 648 g/mol. The summed E-state index contributed by atoms with van der Waals surface area (Å²) < 4.78 is 33.0. The Balaban J connectivity index is 1.33. The number of benzene rings is 2. The van der Waals surface area contributed by atoms with Crippen LogP contribution < -0.4 is 10.1 Å². The van der Waals surface area contributed by atoms with E-state index in [0.717, 1.165) is 60.2 Å². The molecule has 1 amide bonds. The molecule has 2 fully saturated rings. The lowest BCUT2D eigenvalue weighted by atomic mass is 9.91. The van der Waals surface area contributed by atoms with Crippen LogP contribution in [0.2, 0.25) is 5.02 Å². The molecule has 3 aliphatic rings. The smallest absolute Gasteiger partial charge is 0.412 e. The predicted molar refractivity (Wildman–Crippen MR) is 171 cm³/mol. The second kappa shape index (κ2) is 10.9. The highest BCUT2D eigenvalue weighted by molar-refractivity contribution is 7.23. The van der Waals surface area contributed by atoms with Crippen molar-refractivity contribution >= 4 is 55.0 Å². The summed E-state index contributed by atoms with van der Waals surface area (Å²) in [4.78, 5) is 24.4. The number of amides is 1. The maximum atomic E-state index is 15.3. The normalized spacial score (nSPS) is 19.6. The molecule has 0 aliphatic carbocycles. The molecule has 0 spiro atoms. The van der Waals surface area contributed by atoms with Crippen LogP contribution in [0.25, 0.3) is 32.1 Å². The monoisotopic (exact) mass is 647 g/mol. The first-order valence-corrected chi connectivity index (χ1v) is 15.9. The van der Waals surface area contributed by atoms with Crippen LogP contribution in [0.1, 0.15) is 56.7 Å². The zero-order chi connectivity index (χ0) is 31.7. The Labute approximate surface area is 268 Å². The highest BCUT2D eigenvalue weighted by Crippen LogP contribution is 2.49. The molecule has 0 bridgehead atoms. The van der Waals surface area contributed by atoms with Crippen molar-refractivity contribution in [2.75, 3.05) is 25.0 Å². The Hall–Kier alpha value is -3.82. The van der Waals surface area contributed by atoms with Crippen LogP contribution >= 0.6 is 22.9 Å². The first kappa shape index (κ1) is 29.9. The fraction of sp³-hybridized carbons (Fsp3) is 0.394. The Morgan fingerprint density at radius 3 is 2.91 bits per heavy atom. The van der Waals surface area contributed by atoms with Crippen LogP contribution in [0.4, 0.5) is 14.2 Å². The van der Waals surface area contributed by atoms with E-state index in [2.05, 4.69) is 27.8 Å². The molecule has 232 valence electrons. The highest BCUT2D eigenvalue weighted by Gasteiger charge is 2.46. The molecule has 2 aromatic heterocycles. The van der Waals surface area contributed by atoms with Gasteiger partial charge in [0.1, 0.15) is 29.1 Å². The number of ether oxygens (including phenoxy) is 3. The number of hydrogen-bond donors (Lipinski definition) is 1. The third kappa shape index (κ3) is 5.10. The number of hydrogen-bond acceptors (Lipinski definition) is 9. The second-order valence-electron chi connectivity index (χ2n) is 12.9. The van der Waals surface area contributed by atoms with Crippen molar-refractivity contribution in [2.45, 2.75) is 64.4 Å². The van der Waals surface area contributed by atoms with Crippen molar-refractivity contribution in [1.82, 2.24) is 14.9 Å². The van der Waals surface area contributed by atoms with Crippen molar-refractivity contribution in [2.24, 2.45) is 0 Å². The summed E-state index contributed by atoms with van der Waals surface area (Å²) in [7, 11) is 0. The summed E-state index contributed by atoms with van der Waals surface area (Å²) in [6.45, 7) is 12.4. The van der Waals surface area contributed by atoms with E-state index in [1.807, 2.05) is 0 Å². The number of nitriles is 1. The third-order valence-corrected chi connectivity index (χ3v) is 10.2. The number of rotatable bonds is 5.